The van der Waals surface area contributed by atoms with Crippen LogP contribution in [0.15, 0.2) is 146 Å². The van der Waals surface area contributed by atoms with Gasteiger partial charge in [0.2, 0.25) is 0 Å². The van der Waals surface area contributed by atoms with Crippen molar-refractivity contribution in [2.45, 2.75) is 52.4 Å². The van der Waals surface area contributed by atoms with Crippen LogP contribution in [-0.4, -0.2) is 4.98 Å². The molecule has 0 atom stereocenters. The largest absolute Gasteiger partial charge is 0.304 e. The van der Waals surface area contributed by atoms with Crippen LogP contribution in [0.5, 0.6) is 0 Å². The molecule has 0 unspecified atom stereocenters. The summed E-state index contributed by atoms with van der Waals surface area (Å²) >= 11 is 0. The van der Waals surface area contributed by atoms with Crippen molar-refractivity contribution in [3.63, 3.8) is 0 Å². The van der Waals surface area contributed by atoms with Gasteiger partial charge in [-0.3, -0.25) is 0 Å². The summed E-state index contributed by atoms with van der Waals surface area (Å²) in [7, 11) is 0. The molecule has 0 aliphatic heterocycles. The minimum absolute atomic E-state index is 0. The van der Waals surface area contributed by atoms with Crippen LogP contribution in [0.4, 0.5) is 0 Å². The maximum absolute atomic E-state index is 4.73. The SMILES string of the molecule is CC(C)(C)c1ccc(-c2cc(-c3ccc(-c4cc[c-]c(-c5nccc6ccccc56)c4)cc3)cc(-c3ccc(C(C)(C)C)cc3)c2)cc1.[Ir]. The summed E-state index contributed by atoms with van der Waals surface area (Å²) in [6.07, 6.45) is 1.88. The monoisotopic (exact) mass is 813 g/mol. The topological polar surface area (TPSA) is 12.9 Å². The molecule has 49 heavy (non-hydrogen) atoms. The van der Waals surface area contributed by atoms with Crippen LogP contribution in [0.2, 0.25) is 0 Å². The minimum atomic E-state index is 0. The molecule has 0 saturated heterocycles. The summed E-state index contributed by atoms with van der Waals surface area (Å²) in [5.74, 6) is 0. The van der Waals surface area contributed by atoms with Crippen LogP contribution in [-0.2, 0) is 30.9 Å². The molecule has 0 bridgehead atoms. The molecule has 0 saturated carbocycles. The van der Waals surface area contributed by atoms with E-state index < -0.39 is 0 Å². The molecule has 0 N–H and O–H groups in total. The number of hydrogen-bond acceptors (Lipinski definition) is 1. The molecular weight excluding hydrogens is 771 g/mol. The van der Waals surface area contributed by atoms with E-state index in [2.05, 4.69) is 181 Å². The van der Waals surface area contributed by atoms with E-state index in [0.29, 0.717) is 0 Å². The average molecular weight is 813 g/mol. The summed E-state index contributed by atoms with van der Waals surface area (Å²) in [5, 5.41) is 2.32. The predicted molar refractivity (Wildman–Crippen MR) is 205 cm³/mol. The van der Waals surface area contributed by atoms with Crippen molar-refractivity contribution in [1.29, 1.82) is 0 Å². The van der Waals surface area contributed by atoms with Crippen LogP contribution in [0.1, 0.15) is 52.7 Å². The van der Waals surface area contributed by atoms with Crippen LogP contribution in [0.3, 0.4) is 0 Å². The van der Waals surface area contributed by atoms with E-state index in [1.54, 1.807) is 0 Å². The summed E-state index contributed by atoms with van der Waals surface area (Å²) in [5.41, 5.74) is 14.5. The zero-order valence-electron chi connectivity index (χ0n) is 29.1. The number of pyridine rings is 1. The summed E-state index contributed by atoms with van der Waals surface area (Å²) in [6.45, 7) is 13.6. The fourth-order valence-electron chi connectivity index (χ4n) is 6.43. The Morgan fingerprint density at radius 1 is 0.449 bits per heavy atom. The molecular formula is C47H42IrN-. The van der Waals surface area contributed by atoms with E-state index in [-0.39, 0.29) is 30.9 Å². The van der Waals surface area contributed by atoms with Crippen LogP contribution >= 0.6 is 0 Å². The Kier molecular flexibility index (Phi) is 9.58. The molecule has 0 aliphatic rings. The zero-order valence-corrected chi connectivity index (χ0v) is 31.5. The van der Waals surface area contributed by atoms with Gasteiger partial charge < -0.3 is 4.98 Å². The third-order valence-corrected chi connectivity index (χ3v) is 9.38. The Bertz CT molecular complexity index is 2130. The van der Waals surface area contributed by atoms with E-state index in [4.69, 9.17) is 4.98 Å². The molecule has 1 aromatic heterocycles. The van der Waals surface area contributed by atoms with Crippen molar-refractivity contribution < 1.29 is 20.1 Å². The fourth-order valence-corrected chi connectivity index (χ4v) is 6.43. The van der Waals surface area contributed by atoms with Gasteiger partial charge in [0.25, 0.3) is 0 Å². The summed E-state index contributed by atoms with van der Waals surface area (Å²) in [6, 6.07) is 54.3. The average Bonchev–Trinajstić information content (AvgIpc) is 3.11. The number of aromatic nitrogens is 1. The first-order valence-corrected chi connectivity index (χ1v) is 16.9. The molecule has 7 rings (SSSR count). The molecule has 1 heterocycles. The maximum Gasteiger partial charge on any atom is 0.0167 e. The van der Waals surface area contributed by atoms with Crippen molar-refractivity contribution in [1.82, 2.24) is 4.98 Å². The Labute approximate surface area is 305 Å². The Balaban J connectivity index is 0.00000417. The first kappa shape index (κ1) is 34.2. The van der Waals surface area contributed by atoms with Gasteiger partial charge in [-0.2, -0.15) is 0 Å². The normalized spacial score (nSPS) is 11.7. The molecule has 0 amide bonds. The van der Waals surface area contributed by atoms with Crippen LogP contribution in [0, 0.1) is 6.07 Å². The number of benzene rings is 6. The molecule has 0 spiro atoms. The molecule has 1 nitrogen and oxygen atoms in total. The van der Waals surface area contributed by atoms with E-state index in [9.17, 15) is 0 Å². The number of nitrogens with zero attached hydrogens (tertiary/aromatic N) is 1. The van der Waals surface area contributed by atoms with Gasteiger partial charge >= 0.3 is 0 Å². The Hall–Kier alpha value is -4.62. The molecule has 0 fully saturated rings. The van der Waals surface area contributed by atoms with Gasteiger partial charge in [0, 0.05) is 26.3 Å². The second kappa shape index (κ2) is 13.7. The van der Waals surface area contributed by atoms with Gasteiger partial charge in [0.05, 0.1) is 0 Å². The van der Waals surface area contributed by atoms with E-state index in [1.165, 1.54) is 55.5 Å². The van der Waals surface area contributed by atoms with Gasteiger partial charge in [-0.1, -0.05) is 139 Å². The van der Waals surface area contributed by atoms with Crippen molar-refractivity contribution in [2.75, 3.05) is 0 Å². The Morgan fingerprint density at radius 2 is 0.898 bits per heavy atom. The quantitative estimate of drug-likeness (QED) is 0.158. The third-order valence-electron chi connectivity index (χ3n) is 9.38. The van der Waals surface area contributed by atoms with Crippen molar-refractivity contribution in [3.05, 3.63) is 163 Å². The number of hydrogen-bond donors (Lipinski definition) is 0. The molecule has 2 heteroatoms. The van der Waals surface area contributed by atoms with Crippen LogP contribution in [0.25, 0.3) is 66.5 Å². The van der Waals surface area contributed by atoms with Gasteiger partial charge in [-0.25, -0.2) is 0 Å². The fraction of sp³-hybridized carbons (Fsp3) is 0.170. The predicted octanol–water partition coefficient (Wildman–Crippen LogP) is 13.0. The van der Waals surface area contributed by atoms with Gasteiger partial charge in [0.1, 0.15) is 0 Å². The van der Waals surface area contributed by atoms with Crippen molar-refractivity contribution >= 4 is 10.8 Å². The van der Waals surface area contributed by atoms with E-state index in [0.717, 1.165) is 22.2 Å². The van der Waals surface area contributed by atoms with Crippen LogP contribution < -0.4 is 0 Å². The second-order valence-corrected chi connectivity index (χ2v) is 14.9. The summed E-state index contributed by atoms with van der Waals surface area (Å²) < 4.78 is 0. The molecule has 6 aromatic carbocycles. The van der Waals surface area contributed by atoms with Crippen molar-refractivity contribution in [3.8, 4) is 55.8 Å². The smallest absolute Gasteiger partial charge is 0.0167 e. The van der Waals surface area contributed by atoms with E-state index >= 15 is 0 Å². The first-order valence-electron chi connectivity index (χ1n) is 16.9. The molecule has 7 aromatic rings. The molecule has 1 radical (unpaired) electrons. The standard InChI is InChI=1S/C47H42N.Ir/c1-46(2,3)42-22-18-34(19-23-42)40-29-39(30-41(31-40)35-20-24-43(25-21-35)47(4,5)6)33-16-14-32(15-17-33)37-11-9-12-38(28-37)45-44-13-8-7-10-36(44)26-27-48-45;/h7-11,13-31H,1-6H3;/q-1;. The molecule has 245 valence electrons. The third kappa shape index (κ3) is 7.37. The molecule has 0 aliphatic carbocycles. The Morgan fingerprint density at radius 3 is 1.39 bits per heavy atom. The zero-order chi connectivity index (χ0) is 33.5. The number of fused-ring (bicyclic) bond motifs is 1. The van der Waals surface area contributed by atoms with E-state index in [1.807, 2.05) is 12.3 Å². The second-order valence-electron chi connectivity index (χ2n) is 14.9. The van der Waals surface area contributed by atoms with Crippen molar-refractivity contribution in [2.24, 2.45) is 0 Å². The summed E-state index contributed by atoms with van der Waals surface area (Å²) in [4.78, 5) is 4.73. The van der Waals surface area contributed by atoms with Gasteiger partial charge in [0.15, 0.2) is 0 Å². The number of rotatable bonds is 5. The first-order chi connectivity index (χ1) is 23.0. The maximum atomic E-state index is 4.73. The van der Waals surface area contributed by atoms with Gasteiger partial charge in [-0.15, -0.1) is 35.4 Å². The van der Waals surface area contributed by atoms with Gasteiger partial charge in [-0.05, 0) is 102 Å². The minimum Gasteiger partial charge on any atom is -0.304 e.